The minimum Gasteiger partial charge on any atom is -0.467 e. The molecule has 2 heterocycles. The van der Waals surface area contributed by atoms with Crippen LogP contribution in [-0.2, 0) is 6.54 Å². The highest BCUT2D eigenvalue weighted by Gasteiger charge is 2.07. The number of nitrogens with zero attached hydrogens (tertiary/aromatic N) is 1. The number of rotatable bonds is 6. The summed E-state index contributed by atoms with van der Waals surface area (Å²) in [4.78, 5) is 16.0. The van der Waals surface area contributed by atoms with Gasteiger partial charge in [0.2, 0.25) is 0 Å². The van der Waals surface area contributed by atoms with Crippen LogP contribution in [0.5, 0.6) is 0 Å². The first-order valence-electron chi connectivity index (χ1n) is 6.64. The zero-order chi connectivity index (χ0) is 14.4. The van der Waals surface area contributed by atoms with Crippen LogP contribution in [0.3, 0.4) is 0 Å². The largest absolute Gasteiger partial charge is 0.467 e. The number of carbonyl (C=O) groups is 1. The van der Waals surface area contributed by atoms with Gasteiger partial charge in [-0.2, -0.15) is 0 Å². The Morgan fingerprint density at radius 1 is 1.40 bits per heavy atom. The minimum absolute atomic E-state index is 0.104. The molecule has 5 nitrogen and oxygen atoms in total. The first-order valence-corrected chi connectivity index (χ1v) is 6.64. The van der Waals surface area contributed by atoms with Crippen molar-refractivity contribution in [1.29, 1.82) is 0 Å². The number of pyridine rings is 1. The fourth-order valence-electron chi connectivity index (χ4n) is 1.66. The third-order valence-electron chi connectivity index (χ3n) is 2.72. The van der Waals surface area contributed by atoms with Crippen molar-refractivity contribution in [1.82, 2.24) is 10.3 Å². The Morgan fingerprint density at radius 3 is 2.95 bits per heavy atom. The fourth-order valence-corrected chi connectivity index (χ4v) is 1.66. The number of anilines is 1. The topological polar surface area (TPSA) is 67.2 Å². The zero-order valence-electron chi connectivity index (χ0n) is 11.7. The fraction of sp³-hybridized carbons (Fsp3) is 0.333. The molecule has 0 saturated carbocycles. The molecule has 2 rings (SSSR count). The van der Waals surface area contributed by atoms with Crippen molar-refractivity contribution in [3.05, 3.63) is 48.2 Å². The maximum Gasteiger partial charge on any atom is 0.252 e. The van der Waals surface area contributed by atoms with E-state index in [1.165, 1.54) is 0 Å². The number of hydrogen-bond donors (Lipinski definition) is 2. The summed E-state index contributed by atoms with van der Waals surface area (Å²) < 4.78 is 5.24. The Morgan fingerprint density at radius 2 is 2.25 bits per heavy atom. The van der Waals surface area contributed by atoms with Gasteiger partial charge in [-0.25, -0.2) is 0 Å². The lowest BCUT2D eigenvalue weighted by molar-refractivity contribution is 0.0948. The van der Waals surface area contributed by atoms with Crippen LogP contribution in [0.25, 0.3) is 0 Å². The lowest BCUT2D eigenvalue weighted by Gasteiger charge is -2.09. The van der Waals surface area contributed by atoms with Crippen LogP contribution in [0, 0.1) is 5.92 Å². The highest BCUT2D eigenvalue weighted by Crippen LogP contribution is 2.11. The Kier molecular flexibility index (Phi) is 4.76. The van der Waals surface area contributed by atoms with Gasteiger partial charge in [-0.1, -0.05) is 13.8 Å². The van der Waals surface area contributed by atoms with E-state index >= 15 is 0 Å². The third kappa shape index (κ3) is 4.12. The van der Waals surface area contributed by atoms with Crippen molar-refractivity contribution in [3.8, 4) is 0 Å². The predicted molar refractivity (Wildman–Crippen MR) is 77.4 cm³/mol. The van der Waals surface area contributed by atoms with Crippen molar-refractivity contribution in [2.45, 2.75) is 20.4 Å². The molecule has 0 spiro atoms. The van der Waals surface area contributed by atoms with E-state index in [1.807, 2.05) is 12.1 Å². The summed E-state index contributed by atoms with van der Waals surface area (Å²) in [5.74, 6) is 1.15. The molecule has 0 unspecified atom stereocenters. The van der Waals surface area contributed by atoms with E-state index in [0.717, 1.165) is 11.4 Å². The van der Waals surface area contributed by atoms with Crippen molar-refractivity contribution in [2.75, 3.05) is 11.9 Å². The van der Waals surface area contributed by atoms with E-state index < -0.39 is 0 Å². The first-order chi connectivity index (χ1) is 9.65. The smallest absolute Gasteiger partial charge is 0.252 e. The molecule has 0 aliphatic heterocycles. The van der Waals surface area contributed by atoms with Gasteiger partial charge in [-0.15, -0.1) is 0 Å². The van der Waals surface area contributed by atoms with Crippen molar-refractivity contribution >= 4 is 11.6 Å². The van der Waals surface area contributed by atoms with Gasteiger partial charge in [0.1, 0.15) is 5.76 Å². The van der Waals surface area contributed by atoms with Crippen LogP contribution >= 0.6 is 0 Å². The molecule has 0 aromatic carbocycles. The van der Waals surface area contributed by atoms with E-state index in [2.05, 4.69) is 29.5 Å². The standard InChI is InChI=1S/C15H19N3O2/c1-11(2)7-18-15(19)12-6-13(9-16-8-12)17-10-14-4-3-5-20-14/h3-6,8-9,11,17H,7,10H2,1-2H3,(H,18,19). The molecule has 0 radical (unpaired) electrons. The van der Waals surface area contributed by atoms with Crippen molar-refractivity contribution in [2.24, 2.45) is 5.92 Å². The van der Waals surface area contributed by atoms with E-state index in [-0.39, 0.29) is 5.91 Å². The summed E-state index contributed by atoms with van der Waals surface area (Å²) in [7, 11) is 0. The van der Waals surface area contributed by atoms with Gasteiger partial charge in [0, 0.05) is 18.9 Å². The molecular formula is C15H19N3O2. The van der Waals surface area contributed by atoms with Gasteiger partial charge < -0.3 is 15.1 Å². The summed E-state index contributed by atoms with van der Waals surface area (Å²) >= 11 is 0. The highest BCUT2D eigenvalue weighted by molar-refractivity contribution is 5.94. The average Bonchev–Trinajstić information content (AvgIpc) is 2.96. The van der Waals surface area contributed by atoms with Gasteiger partial charge in [-0.3, -0.25) is 9.78 Å². The summed E-state index contributed by atoms with van der Waals surface area (Å²) in [5.41, 5.74) is 1.34. The second kappa shape index (κ2) is 6.75. The molecule has 0 saturated heterocycles. The molecule has 0 fully saturated rings. The summed E-state index contributed by atoms with van der Waals surface area (Å²) in [6.45, 7) is 5.33. The molecule has 2 N–H and O–H groups in total. The van der Waals surface area contributed by atoms with E-state index in [4.69, 9.17) is 4.42 Å². The maximum atomic E-state index is 11.9. The van der Waals surface area contributed by atoms with E-state index in [9.17, 15) is 4.79 Å². The van der Waals surface area contributed by atoms with Crippen LogP contribution in [-0.4, -0.2) is 17.4 Å². The van der Waals surface area contributed by atoms with Crippen LogP contribution < -0.4 is 10.6 Å². The molecule has 5 heteroatoms. The lowest BCUT2D eigenvalue weighted by Crippen LogP contribution is -2.27. The normalized spacial score (nSPS) is 10.6. The Bertz CT molecular complexity index is 550. The van der Waals surface area contributed by atoms with Crippen molar-refractivity contribution in [3.63, 3.8) is 0 Å². The van der Waals surface area contributed by atoms with E-state index in [1.54, 1.807) is 24.7 Å². The number of nitrogens with one attached hydrogen (secondary N) is 2. The number of aromatic nitrogens is 1. The zero-order valence-corrected chi connectivity index (χ0v) is 11.7. The summed E-state index contributed by atoms with van der Waals surface area (Å²) in [6.07, 6.45) is 4.88. The average molecular weight is 273 g/mol. The van der Waals surface area contributed by atoms with Gasteiger partial charge in [0.05, 0.1) is 24.1 Å². The molecule has 20 heavy (non-hydrogen) atoms. The molecule has 106 valence electrons. The quantitative estimate of drug-likeness (QED) is 0.849. The molecular weight excluding hydrogens is 254 g/mol. The van der Waals surface area contributed by atoms with Gasteiger partial charge in [0.15, 0.2) is 0 Å². The maximum absolute atomic E-state index is 11.9. The SMILES string of the molecule is CC(C)CNC(=O)c1cncc(NCc2ccco2)c1. The predicted octanol–water partition coefficient (Wildman–Crippen LogP) is 2.67. The minimum atomic E-state index is -0.104. The van der Waals surface area contributed by atoms with Gasteiger partial charge in [0.25, 0.3) is 5.91 Å². The van der Waals surface area contributed by atoms with Crippen LogP contribution in [0.15, 0.2) is 41.3 Å². The van der Waals surface area contributed by atoms with Gasteiger partial charge >= 0.3 is 0 Å². The number of amides is 1. The van der Waals surface area contributed by atoms with E-state index in [0.29, 0.717) is 24.6 Å². The first kappa shape index (κ1) is 14.1. The Hall–Kier alpha value is -2.30. The Labute approximate surface area is 118 Å². The van der Waals surface area contributed by atoms with Crippen molar-refractivity contribution < 1.29 is 9.21 Å². The molecule has 2 aromatic heterocycles. The molecule has 0 bridgehead atoms. The van der Waals surface area contributed by atoms with Crippen LogP contribution in [0.2, 0.25) is 0 Å². The third-order valence-corrected chi connectivity index (χ3v) is 2.72. The Balaban J connectivity index is 1.95. The number of furan rings is 1. The second-order valence-corrected chi connectivity index (χ2v) is 5.00. The van der Waals surface area contributed by atoms with Gasteiger partial charge in [-0.05, 0) is 24.1 Å². The molecule has 0 aliphatic carbocycles. The highest BCUT2D eigenvalue weighted by atomic mass is 16.3. The number of carbonyl (C=O) groups excluding carboxylic acids is 1. The summed E-state index contributed by atoms with van der Waals surface area (Å²) in [6, 6.07) is 5.51. The number of hydrogen-bond acceptors (Lipinski definition) is 4. The van der Waals surface area contributed by atoms with Crippen LogP contribution in [0.4, 0.5) is 5.69 Å². The lowest BCUT2D eigenvalue weighted by atomic mass is 10.2. The monoisotopic (exact) mass is 273 g/mol. The molecule has 2 aromatic rings. The molecule has 0 aliphatic rings. The summed E-state index contributed by atoms with van der Waals surface area (Å²) in [5, 5.41) is 6.04. The molecule has 0 atom stereocenters. The second-order valence-electron chi connectivity index (χ2n) is 5.00. The van der Waals surface area contributed by atoms with Crippen LogP contribution in [0.1, 0.15) is 30.0 Å². The molecule has 1 amide bonds.